The number of nitrogens with zero attached hydrogens (tertiary/aromatic N) is 4. The highest BCUT2D eigenvalue weighted by Crippen LogP contribution is 2.27. The third-order valence-electron chi connectivity index (χ3n) is 5.11. The molecule has 4 rings (SSSR count). The van der Waals surface area contributed by atoms with Gasteiger partial charge in [-0.05, 0) is 50.2 Å². The van der Waals surface area contributed by atoms with Gasteiger partial charge in [0, 0.05) is 24.0 Å². The summed E-state index contributed by atoms with van der Waals surface area (Å²) in [5, 5.41) is 5.81. The van der Waals surface area contributed by atoms with E-state index in [1.165, 1.54) is 6.07 Å². The minimum atomic E-state index is -0.425. The molecule has 1 amide bonds. The molecule has 2 N–H and O–H groups in total. The highest BCUT2D eigenvalue weighted by Gasteiger charge is 2.23. The molecule has 0 atom stereocenters. The Balaban J connectivity index is 1.30. The maximum atomic E-state index is 13.7. The third kappa shape index (κ3) is 5.15. The van der Waals surface area contributed by atoms with E-state index >= 15 is 0 Å². The third-order valence-corrected chi connectivity index (χ3v) is 5.11. The fraction of sp³-hybridized carbons (Fsp3) is 0.273. The Hall–Kier alpha value is -3.39. The highest BCUT2D eigenvalue weighted by molar-refractivity contribution is 5.92. The van der Waals surface area contributed by atoms with Crippen molar-refractivity contribution in [2.24, 2.45) is 0 Å². The number of carbonyl (C=O) groups excluding carboxylic acids is 1. The first-order valence-corrected chi connectivity index (χ1v) is 9.94. The van der Waals surface area contributed by atoms with Crippen LogP contribution in [0.25, 0.3) is 0 Å². The molecule has 0 aliphatic carbocycles. The van der Waals surface area contributed by atoms with Crippen molar-refractivity contribution in [2.75, 3.05) is 30.3 Å². The number of amides is 1. The molecule has 3 heterocycles. The summed E-state index contributed by atoms with van der Waals surface area (Å²) in [6, 6.07) is 12.1. The van der Waals surface area contributed by atoms with Gasteiger partial charge in [-0.1, -0.05) is 18.2 Å². The molecule has 7 nitrogen and oxygen atoms in total. The van der Waals surface area contributed by atoms with Gasteiger partial charge in [0.25, 0.3) is 0 Å². The molecule has 1 saturated heterocycles. The van der Waals surface area contributed by atoms with Crippen LogP contribution in [0, 0.1) is 5.82 Å². The number of rotatable bonds is 6. The first-order chi connectivity index (χ1) is 14.7. The van der Waals surface area contributed by atoms with E-state index in [0.29, 0.717) is 11.7 Å². The predicted octanol–water partition coefficient (Wildman–Crippen LogP) is 3.57. The van der Waals surface area contributed by atoms with Crippen LogP contribution in [0.3, 0.4) is 0 Å². The molecule has 8 heteroatoms. The van der Waals surface area contributed by atoms with Crippen molar-refractivity contribution in [3.63, 3.8) is 0 Å². The largest absolute Gasteiger partial charge is 0.324 e. The minimum absolute atomic E-state index is 0.202. The minimum Gasteiger partial charge on any atom is -0.324 e. The van der Waals surface area contributed by atoms with Gasteiger partial charge in [0.15, 0.2) is 0 Å². The lowest BCUT2D eigenvalue weighted by molar-refractivity contribution is -0.117. The number of likely N-dealkylation sites (tertiary alicyclic amines) is 1. The normalized spacial score (nSPS) is 15.0. The van der Waals surface area contributed by atoms with E-state index in [2.05, 4.69) is 25.5 Å². The number of anilines is 3. The molecule has 0 bridgehead atoms. The van der Waals surface area contributed by atoms with Crippen molar-refractivity contribution in [3.8, 4) is 0 Å². The van der Waals surface area contributed by atoms with E-state index in [1.54, 1.807) is 36.8 Å². The van der Waals surface area contributed by atoms with Crippen LogP contribution in [0.4, 0.5) is 21.7 Å². The van der Waals surface area contributed by atoms with Gasteiger partial charge in [0.1, 0.15) is 17.5 Å². The van der Waals surface area contributed by atoms with Crippen LogP contribution < -0.4 is 10.6 Å². The fourth-order valence-corrected chi connectivity index (χ4v) is 3.59. The van der Waals surface area contributed by atoms with E-state index in [9.17, 15) is 9.18 Å². The van der Waals surface area contributed by atoms with Crippen LogP contribution in [-0.4, -0.2) is 45.4 Å². The summed E-state index contributed by atoms with van der Waals surface area (Å²) in [5.74, 6) is 1.09. The van der Waals surface area contributed by atoms with Gasteiger partial charge in [-0.3, -0.25) is 14.7 Å². The molecule has 1 aliphatic heterocycles. The Morgan fingerprint density at radius 2 is 1.90 bits per heavy atom. The van der Waals surface area contributed by atoms with Crippen molar-refractivity contribution >= 4 is 23.2 Å². The smallest absolute Gasteiger partial charge is 0.238 e. The molecule has 1 aliphatic rings. The van der Waals surface area contributed by atoms with Gasteiger partial charge in [0.2, 0.25) is 5.91 Å². The average Bonchev–Trinajstić information content (AvgIpc) is 2.77. The topological polar surface area (TPSA) is 83.0 Å². The molecule has 0 unspecified atom stereocenters. The SMILES string of the molecule is O=C(CN1CCC(c2cccc(Nc3cnccn3)n2)CC1)Nc1ccccc1F. The van der Waals surface area contributed by atoms with Gasteiger partial charge in [-0.25, -0.2) is 14.4 Å². The molecule has 0 spiro atoms. The zero-order valence-corrected chi connectivity index (χ0v) is 16.5. The van der Waals surface area contributed by atoms with Crippen LogP contribution >= 0.6 is 0 Å². The van der Waals surface area contributed by atoms with Crippen LogP contribution in [0.1, 0.15) is 24.5 Å². The average molecular weight is 406 g/mol. The van der Waals surface area contributed by atoms with Crippen molar-refractivity contribution in [1.29, 1.82) is 0 Å². The van der Waals surface area contributed by atoms with Crippen molar-refractivity contribution in [3.05, 3.63) is 72.6 Å². The number of carbonyl (C=O) groups is 1. The van der Waals surface area contributed by atoms with Gasteiger partial charge in [0.05, 0.1) is 18.4 Å². The van der Waals surface area contributed by atoms with E-state index in [0.717, 1.165) is 37.4 Å². The Morgan fingerprint density at radius 3 is 2.67 bits per heavy atom. The number of benzene rings is 1. The number of para-hydroxylation sites is 1. The summed E-state index contributed by atoms with van der Waals surface area (Å²) in [5.41, 5.74) is 1.24. The number of hydrogen-bond acceptors (Lipinski definition) is 6. The van der Waals surface area contributed by atoms with E-state index in [4.69, 9.17) is 4.98 Å². The summed E-state index contributed by atoms with van der Waals surface area (Å²) in [6.45, 7) is 1.83. The molecule has 30 heavy (non-hydrogen) atoms. The summed E-state index contributed by atoms with van der Waals surface area (Å²) in [7, 11) is 0. The molecule has 154 valence electrons. The number of nitrogens with one attached hydrogen (secondary N) is 2. The summed E-state index contributed by atoms with van der Waals surface area (Å²) < 4.78 is 13.7. The maximum Gasteiger partial charge on any atom is 0.238 e. The molecule has 1 aromatic carbocycles. The number of aromatic nitrogens is 3. The number of halogens is 1. The Morgan fingerprint density at radius 1 is 1.07 bits per heavy atom. The van der Waals surface area contributed by atoms with E-state index in [-0.39, 0.29) is 18.1 Å². The summed E-state index contributed by atoms with van der Waals surface area (Å²) in [6.07, 6.45) is 6.73. The number of piperidine rings is 1. The molecule has 0 radical (unpaired) electrons. The van der Waals surface area contributed by atoms with Gasteiger partial charge in [-0.2, -0.15) is 0 Å². The lowest BCUT2D eigenvalue weighted by Crippen LogP contribution is -2.39. The van der Waals surface area contributed by atoms with Crippen LogP contribution in [-0.2, 0) is 4.79 Å². The zero-order chi connectivity index (χ0) is 20.8. The monoisotopic (exact) mass is 406 g/mol. The van der Waals surface area contributed by atoms with Crippen LogP contribution in [0.5, 0.6) is 0 Å². The number of hydrogen-bond donors (Lipinski definition) is 2. The number of pyridine rings is 1. The van der Waals surface area contributed by atoms with Crippen LogP contribution in [0.15, 0.2) is 61.1 Å². The van der Waals surface area contributed by atoms with Crippen molar-refractivity contribution < 1.29 is 9.18 Å². The van der Waals surface area contributed by atoms with Gasteiger partial charge in [-0.15, -0.1) is 0 Å². The second-order valence-corrected chi connectivity index (χ2v) is 7.24. The first-order valence-electron chi connectivity index (χ1n) is 9.94. The molecule has 0 saturated carbocycles. The lowest BCUT2D eigenvalue weighted by Gasteiger charge is -2.31. The summed E-state index contributed by atoms with van der Waals surface area (Å²) in [4.78, 5) is 27.3. The van der Waals surface area contributed by atoms with E-state index < -0.39 is 5.82 Å². The molecule has 3 aromatic rings. The molecule has 2 aromatic heterocycles. The van der Waals surface area contributed by atoms with Gasteiger partial charge < -0.3 is 10.6 Å². The standard InChI is InChI=1S/C22H23FN6O/c23-17-4-1-2-5-19(17)27-22(30)15-29-12-8-16(9-13-29)18-6-3-7-20(26-18)28-21-14-24-10-11-25-21/h1-7,10-11,14,16H,8-9,12-13,15H2,(H,27,30)(H,25,26,28). The maximum absolute atomic E-state index is 13.7. The fourth-order valence-electron chi connectivity index (χ4n) is 3.59. The summed E-state index contributed by atoms with van der Waals surface area (Å²) >= 11 is 0. The second-order valence-electron chi connectivity index (χ2n) is 7.24. The van der Waals surface area contributed by atoms with Crippen molar-refractivity contribution in [2.45, 2.75) is 18.8 Å². The Bertz CT molecular complexity index is 992. The van der Waals surface area contributed by atoms with E-state index in [1.807, 2.05) is 18.2 Å². The lowest BCUT2D eigenvalue weighted by atomic mass is 9.93. The van der Waals surface area contributed by atoms with Crippen molar-refractivity contribution in [1.82, 2.24) is 19.9 Å². The Kier molecular flexibility index (Phi) is 6.24. The second kappa shape index (κ2) is 9.41. The van der Waals surface area contributed by atoms with Gasteiger partial charge >= 0.3 is 0 Å². The molecular weight excluding hydrogens is 383 g/mol. The highest BCUT2D eigenvalue weighted by atomic mass is 19.1. The molecule has 1 fully saturated rings. The van der Waals surface area contributed by atoms with Crippen LogP contribution in [0.2, 0.25) is 0 Å². The predicted molar refractivity (Wildman–Crippen MR) is 113 cm³/mol. The molecular formula is C22H23FN6O. The first kappa shape index (κ1) is 19.9. The Labute approximate surface area is 174 Å². The quantitative estimate of drug-likeness (QED) is 0.651. The zero-order valence-electron chi connectivity index (χ0n) is 16.5.